The number of anilines is 3. The van der Waals surface area contributed by atoms with Crippen LogP contribution in [0.3, 0.4) is 0 Å². The molecule has 156 valence electrons. The maximum absolute atomic E-state index is 13.3. The highest BCUT2D eigenvalue weighted by Crippen LogP contribution is 2.45. The van der Waals surface area contributed by atoms with E-state index in [4.69, 9.17) is 22.3 Å². The molecule has 3 N–H and O–H groups in total. The highest BCUT2D eigenvalue weighted by atomic mass is 35.5. The van der Waals surface area contributed by atoms with Gasteiger partial charge in [0.2, 0.25) is 0 Å². The summed E-state index contributed by atoms with van der Waals surface area (Å²) in [4.78, 5) is 20.6. The number of piperidine rings is 1. The van der Waals surface area contributed by atoms with Gasteiger partial charge in [0.05, 0.1) is 28.3 Å². The Labute approximate surface area is 178 Å². The van der Waals surface area contributed by atoms with Gasteiger partial charge in [0, 0.05) is 29.4 Å². The van der Waals surface area contributed by atoms with Crippen LogP contribution < -0.4 is 16.0 Å². The zero-order valence-electron chi connectivity index (χ0n) is 15.5. The van der Waals surface area contributed by atoms with Gasteiger partial charge in [-0.05, 0) is 37.1 Å². The third-order valence-corrected chi connectivity index (χ3v) is 7.04. The van der Waals surface area contributed by atoms with Gasteiger partial charge in [-0.25, -0.2) is 4.98 Å². The molecule has 3 aromatic rings. The first-order chi connectivity index (χ1) is 14.2. The molecule has 3 aliphatic heterocycles. The molecule has 3 aliphatic rings. The minimum Gasteiger partial charge on any atom is -0.397 e. The van der Waals surface area contributed by atoms with E-state index < -0.39 is 17.6 Å². The summed E-state index contributed by atoms with van der Waals surface area (Å²) in [5, 5.41) is 2.92. The number of hydrogen-bond donors (Lipinski definition) is 2. The molecule has 1 fully saturated rings. The van der Waals surface area contributed by atoms with Crippen LogP contribution in [0.15, 0.2) is 24.3 Å². The Hall–Kier alpha value is -2.52. The van der Waals surface area contributed by atoms with Crippen molar-refractivity contribution in [3.8, 4) is 0 Å². The van der Waals surface area contributed by atoms with Crippen LogP contribution in [0.25, 0.3) is 10.2 Å². The number of thiophene rings is 1. The van der Waals surface area contributed by atoms with Crippen LogP contribution in [0.4, 0.5) is 30.2 Å². The van der Waals surface area contributed by atoms with Gasteiger partial charge in [-0.1, -0.05) is 11.6 Å². The van der Waals surface area contributed by atoms with Crippen molar-refractivity contribution in [3.05, 3.63) is 45.4 Å². The van der Waals surface area contributed by atoms with Crippen LogP contribution >= 0.6 is 22.9 Å². The van der Waals surface area contributed by atoms with E-state index in [2.05, 4.69) is 10.2 Å². The molecule has 10 heteroatoms. The molecule has 5 nitrogen and oxygen atoms in total. The summed E-state index contributed by atoms with van der Waals surface area (Å²) in [7, 11) is 0. The number of rotatable bonds is 2. The Balaban J connectivity index is 1.53. The largest absolute Gasteiger partial charge is 0.418 e. The van der Waals surface area contributed by atoms with E-state index in [1.165, 1.54) is 6.07 Å². The average molecular weight is 453 g/mol. The number of nitrogens with one attached hydrogen (secondary N) is 1. The molecular formula is C20H16ClF3N4OS. The van der Waals surface area contributed by atoms with Gasteiger partial charge in [0.25, 0.3) is 5.91 Å². The van der Waals surface area contributed by atoms with Crippen molar-refractivity contribution in [1.82, 2.24) is 4.98 Å². The normalized spacial score (nSPS) is 16.2. The monoisotopic (exact) mass is 452 g/mol. The van der Waals surface area contributed by atoms with Crippen molar-refractivity contribution in [3.63, 3.8) is 0 Å². The number of pyridine rings is 1. The van der Waals surface area contributed by atoms with E-state index in [9.17, 15) is 18.0 Å². The molecule has 0 radical (unpaired) electrons. The number of benzene rings is 1. The summed E-state index contributed by atoms with van der Waals surface area (Å²) >= 11 is 6.80. The average Bonchev–Trinajstić information content (AvgIpc) is 3.04. The van der Waals surface area contributed by atoms with Gasteiger partial charge in [-0.2, -0.15) is 13.2 Å². The highest BCUT2D eigenvalue weighted by molar-refractivity contribution is 7.21. The number of alkyl halides is 3. The Morgan fingerprint density at radius 1 is 1.27 bits per heavy atom. The number of fused-ring (bicyclic) bond motifs is 3. The third kappa shape index (κ3) is 3.07. The lowest BCUT2D eigenvalue weighted by Crippen LogP contribution is -2.39. The zero-order chi connectivity index (χ0) is 21.2. The second-order valence-electron chi connectivity index (χ2n) is 7.49. The molecule has 1 saturated heterocycles. The van der Waals surface area contributed by atoms with Gasteiger partial charge in [0.1, 0.15) is 9.71 Å². The molecule has 6 rings (SSSR count). The van der Waals surface area contributed by atoms with Gasteiger partial charge < -0.3 is 16.0 Å². The highest BCUT2D eigenvalue weighted by Gasteiger charge is 2.35. The summed E-state index contributed by atoms with van der Waals surface area (Å²) in [6.45, 7) is 1.94. The first-order valence-electron chi connectivity index (χ1n) is 9.38. The quantitative estimate of drug-likeness (QED) is 0.538. The Morgan fingerprint density at radius 3 is 2.70 bits per heavy atom. The molecule has 0 atom stereocenters. The van der Waals surface area contributed by atoms with Crippen LogP contribution in [0, 0.1) is 0 Å². The Morgan fingerprint density at radius 2 is 2.00 bits per heavy atom. The summed E-state index contributed by atoms with van der Waals surface area (Å²) in [6, 6.07) is 5.16. The van der Waals surface area contributed by atoms with Gasteiger partial charge in [-0.15, -0.1) is 11.3 Å². The minimum absolute atomic E-state index is 0.0684. The number of nitrogens with two attached hydrogens (primary N) is 1. The predicted octanol–water partition coefficient (Wildman–Crippen LogP) is 5.50. The number of nitrogen functional groups attached to an aromatic ring is 1. The smallest absolute Gasteiger partial charge is 0.397 e. The lowest BCUT2D eigenvalue weighted by molar-refractivity contribution is -0.136. The molecule has 2 aromatic heterocycles. The van der Waals surface area contributed by atoms with Crippen LogP contribution in [0.2, 0.25) is 5.02 Å². The lowest BCUT2D eigenvalue weighted by atomic mass is 9.86. The fourth-order valence-corrected chi connectivity index (χ4v) is 5.35. The van der Waals surface area contributed by atoms with Gasteiger partial charge >= 0.3 is 6.18 Å². The van der Waals surface area contributed by atoms with Crippen LogP contribution in [-0.2, 0) is 6.18 Å². The van der Waals surface area contributed by atoms with E-state index in [0.29, 0.717) is 16.1 Å². The first kappa shape index (κ1) is 19.4. The summed E-state index contributed by atoms with van der Waals surface area (Å²) in [5.74, 6) is -0.303. The van der Waals surface area contributed by atoms with Crippen LogP contribution in [0.5, 0.6) is 0 Å². The maximum atomic E-state index is 13.3. The number of amides is 1. The molecule has 0 spiro atoms. The molecule has 30 heavy (non-hydrogen) atoms. The van der Waals surface area contributed by atoms with Gasteiger partial charge in [-0.3, -0.25) is 4.79 Å². The van der Waals surface area contributed by atoms with Crippen molar-refractivity contribution < 1.29 is 18.0 Å². The predicted molar refractivity (Wildman–Crippen MR) is 113 cm³/mol. The number of aromatic nitrogens is 1. The topological polar surface area (TPSA) is 71.2 Å². The number of carbonyl (C=O) groups is 1. The number of halogens is 4. The number of hydrogen-bond acceptors (Lipinski definition) is 5. The molecule has 0 aliphatic carbocycles. The van der Waals surface area contributed by atoms with Crippen molar-refractivity contribution in [2.75, 3.05) is 29.0 Å². The molecule has 1 aromatic carbocycles. The van der Waals surface area contributed by atoms with E-state index in [0.717, 1.165) is 60.8 Å². The van der Waals surface area contributed by atoms with Crippen molar-refractivity contribution in [1.29, 1.82) is 0 Å². The first-order valence-corrected chi connectivity index (χ1v) is 10.6. The summed E-state index contributed by atoms with van der Waals surface area (Å²) < 4.78 is 40.0. The Kier molecular flexibility index (Phi) is 4.37. The summed E-state index contributed by atoms with van der Waals surface area (Å²) in [5.41, 5.74) is 7.13. The van der Waals surface area contributed by atoms with Crippen LogP contribution in [0.1, 0.15) is 39.7 Å². The molecule has 0 unspecified atom stereocenters. The second kappa shape index (κ2) is 6.75. The fourth-order valence-electron chi connectivity index (χ4n) is 4.20. The fraction of sp³-hybridized carbons (Fsp3) is 0.300. The molecule has 2 bridgehead atoms. The van der Waals surface area contributed by atoms with Crippen molar-refractivity contribution in [2.24, 2.45) is 0 Å². The lowest BCUT2D eigenvalue weighted by Gasteiger charge is -2.41. The van der Waals surface area contributed by atoms with Crippen LogP contribution in [-0.4, -0.2) is 24.0 Å². The summed E-state index contributed by atoms with van der Waals surface area (Å²) in [6.07, 6.45) is -2.56. The molecule has 5 heterocycles. The molecule has 1 amide bonds. The Bertz CT molecular complexity index is 1180. The SMILES string of the molecule is Nc1c(C(=O)Nc2ccc(Cl)cc2C(F)(F)F)sc2nc3c(cc12)N1CCC3CC1. The second-order valence-corrected chi connectivity index (χ2v) is 8.93. The van der Waals surface area contributed by atoms with E-state index in [1.54, 1.807) is 0 Å². The van der Waals surface area contributed by atoms with E-state index in [1.807, 2.05) is 6.07 Å². The number of nitrogens with zero attached hydrogens (tertiary/aromatic N) is 2. The van der Waals surface area contributed by atoms with E-state index in [-0.39, 0.29) is 21.3 Å². The number of carbonyl (C=O) groups excluding carboxylic acids is 1. The van der Waals surface area contributed by atoms with Crippen molar-refractivity contribution >= 4 is 56.1 Å². The zero-order valence-corrected chi connectivity index (χ0v) is 17.1. The van der Waals surface area contributed by atoms with E-state index >= 15 is 0 Å². The standard InChI is InChI=1S/C20H16ClF3N4OS/c21-10-1-2-13(12(7-10)20(22,23)24)26-18(29)17-15(25)11-8-14-16(27-19(11)30-17)9-3-5-28(14)6-4-9/h1-2,7-9H,3-6,25H2,(H,26,29). The molecule has 0 saturated carbocycles. The maximum Gasteiger partial charge on any atom is 0.418 e. The van der Waals surface area contributed by atoms with Gasteiger partial charge in [0.15, 0.2) is 0 Å². The minimum atomic E-state index is -4.66. The third-order valence-electron chi connectivity index (χ3n) is 5.69. The molecular weight excluding hydrogens is 437 g/mol. The van der Waals surface area contributed by atoms with Crippen molar-refractivity contribution in [2.45, 2.75) is 24.9 Å².